The van der Waals surface area contributed by atoms with E-state index in [1.807, 2.05) is 18.2 Å². The van der Waals surface area contributed by atoms with Gasteiger partial charge in [-0.1, -0.05) is 36.4 Å². The zero-order valence-corrected chi connectivity index (χ0v) is 11.6. The van der Waals surface area contributed by atoms with Crippen molar-refractivity contribution in [2.24, 2.45) is 5.73 Å². The minimum atomic E-state index is -0.154. The maximum Gasteiger partial charge on any atom is 0.131 e. The van der Waals surface area contributed by atoms with E-state index in [9.17, 15) is 4.39 Å². The Morgan fingerprint density at radius 2 is 2.00 bits per heavy atom. The van der Waals surface area contributed by atoms with Gasteiger partial charge in [-0.2, -0.15) is 0 Å². The van der Waals surface area contributed by atoms with Crippen LogP contribution in [-0.4, -0.2) is 6.54 Å². The van der Waals surface area contributed by atoms with Crippen molar-refractivity contribution in [1.82, 2.24) is 0 Å². The number of hydrogen-bond donors (Lipinski definition) is 1. The molecule has 0 saturated heterocycles. The van der Waals surface area contributed by atoms with E-state index in [2.05, 4.69) is 12.1 Å². The third-order valence-corrected chi connectivity index (χ3v) is 4.28. The molecule has 0 aromatic heterocycles. The van der Waals surface area contributed by atoms with E-state index >= 15 is 0 Å². The topological polar surface area (TPSA) is 26.0 Å². The van der Waals surface area contributed by atoms with Gasteiger partial charge < -0.3 is 5.73 Å². The van der Waals surface area contributed by atoms with E-state index in [-0.39, 0.29) is 5.82 Å². The van der Waals surface area contributed by atoms with Gasteiger partial charge in [0.25, 0.3) is 0 Å². The average molecular weight is 269 g/mol. The summed E-state index contributed by atoms with van der Waals surface area (Å²) >= 11 is 0. The smallest absolute Gasteiger partial charge is 0.131 e. The van der Waals surface area contributed by atoms with Crippen molar-refractivity contribution in [1.29, 1.82) is 0 Å². The van der Waals surface area contributed by atoms with Crippen LogP contribution >= 0.6 is 0 Å². The second-order valence-electron chi connectivity index (χ2n) is 5.56. The van der Waals surface area contributed by atoms with Gasteiger partial charge >= 0.3 is 0 Å². The Balaban J connectivity index is 2.03. The third-order valence-electron chi connectivity index (χ3n) is 4.28. The molecule has 0 heterocycles. The molecule has 2 heteroatoms. The van der Waals surface area contributed by atoms with Crippen LogP contribution in [0.15, 0.2) is 42.5 Å². The standard InChI is InChI=1S/C18H20FN/c19-18-7-2-1-6-16(18)15-9-8-13-4-3-5-14(10-11-20)17(13)12-15/h1-2,6-9,12,14H,3-5,10-11,20H2. The molecule has 1 aliphatic rings. The second kappa shape index (κ2) is 5.76. The first-order valence-electron chi connectivity index (χ1n) is 7.37. The highest BCUT2D eigenvalue weighted by Crippen LogP contribution is 2.36. The molecule has 0 aliphatic heterocycles. The molecule has 0 saturated carbocycles. The van der Waals surface area contributed by atoms with Crippen LogP contribution in [0.25, 0.3) is 11.1 Å². The van der Waals surface area contributed by atoms with E-state index in [0.29, 0.717) is 18.0 Å². The molecule has 0 radical (unpaired) electrons. The molecule has 1 aliphatic carbocycles. The summed E-state index contributed by atoms with van der Waals surface area (Å²) in [7, 11) is 0. The summed E-state index contributed by atoms with van der Waals surface area (Å²) in [5, 5.41) is 0. The van der Waals surface area contributed by atoms with Crippen LogP contribution in [0.4, 0.5) is 4.39 Å². The summed E-state index contributed by atoms with van der Waals surface area (Å²) in [6.45, 7) is 0.716. The molecule has 2 N–H and O–H groups in total. The number of benzene rings is 2. The summed E-state index contributed by atoms with van der Waals surface area (Å²) in [5.41, 5.74) is 10.2. The average Bonchev–Trinajstić information content (AvgIpc) is 2.48. The molecule has 0 fully saturated rings. The first-order valence-corrected chi connectivity index (χ1v) is 7.37. The molecule has 0 spiro atoms. The van der Waals surface area contributed by atoms with Crippen molar-refractivity contribution in [2.45, 2.75) is 31.6 Å². The van der Waals surface area contributed by atoms with Gasteiger partial charge in [0.2, 0.25) is 0 Å². The van der Waals surface area contributed by atoms with Gasteiger partial charge in [-0.15, -0.1) is 0 Å². The molecule has 0 amide bonds. The lowest BCUT2D eigenvalue weighted by atomic mass is 9.80. The number of fused-ring (bicyclic) bond motifs is 1. The van der Waals surface area contributed by atoms with E-state index in [4.69, 9.17) is 5.73 Å². The Morgan fingerprint density at radius 3 is 2.80 bits per heavy atom. The fourth-order valence-corrected chi connectivity index (χ4v) is 3.26. The van der Waals surface area contributed by atoms with Crippen molar-refractivity contribution in [2.75, 3.05) is 6.54 Å². The highest BCUT2D eigenvalue weighted by Gasteiger charge is 2.20. The Labute approximate surface area is 119 Å². The largest absolute Gasteiger partial charge is 0.330 e. The zero-order valence-electron chi connectivity index (χ0n) is 11.6. The van der Waals surface area contributed by atoms with Crippen molar-refractivity contribution in [3.05, 3.63) is 59.4 Å². The van der Waals surface area contributed by atoms with Crippen LogP contribution in [0.1, 0.15) is 36.3 Å². The van der Waals surface area contributed by atoms with Gasteiger partial charge in [0.1, 0.15) is 5.82 Å². The highest BCUT2D eigenvalue weighted by molar-refractivity contribution is 5.66. The summed E-state index contributed by atoms with van der Waals surface area (Å²) in [5.74, 6) is 0.383. The number of rotatable bonds is 3. The fourth-order valence-electron chi connectivity index (χ4n) is 3.26. The van der Waals surface area contributed by atoms with Gasteiger partial charge in [0.05, 0.1) is 0 Å². The van der Waals surface area contributed by atoms with Crippen LogP contribution in [0, 0.1) is 5.82 Å². The first kappa shape index (κ1) is 13.3. The molecule has 1 atom stereocenters. The molecular weight excluding hydrogens is 249 g/mol. The van der Waals surface area contributed by atoms with Crippen LogP contribution in [0.3, 0.4) is 0 Å². The Morgan fingerprint density at radius 1 is 1.15 bits per heavy atom. The van der Waals surface area contributed by atoms with Crippen LogP contribution < -0.4 is 5.73 Å². The van der Waals surface area contributed by atoms with Gasteiger partial charge in [0.15, 0.2) is 0 Å². The van der Waals surface area contributed by atoms with Crippen molar-refractivity contribution < 1.29 is 4.39 Å². The Bertz CT molecular complexity index is 606. The quantitative estimate of drug-likeness (QED) is 0.885. The Hall–Kier alpha value is -1.67. The van der Waals surface area contributed by atoms with Crippen LogP contribution in [0.5, 0.6) is 0 Å². The van der Waals surface area contributed by atoms with E-state index in [0.717, 1.165) is 18.4 Å². The van der Waals surface area contributed by atoms with Crippen molar-refractivity contribution >= 4 is 0 Å². The second-order valence-corrected chi connectivity index (χ2v) is 5.56. The molecule has 1 nitrogen and oxygen atoms in total. The van der Waals surface area contributed by atoms with Crippen molar-refractivity contribution in [3.8, 4) is 11.1 Å². The van der Waals surface area contributed by atoms with Gasteiger partial charge in [-0.05, 0) is 60.9 Å². The SMILES string of the molecule is NCCC1CCCc2ccc(-c3ccccc3F)cc21. The molecule has 2 aromatic rings. The molecule has 3 rings (SSSR count). The lowest BCUT2D eigenvalue weighted by molar-refractivity contribution is 0.526. The predicted molar refractivity (Wildman–Crippen MR) is 81.2 cm³/mol. The number of hydrogen-bond acceptors (Lipinski definition) is 1. The molecule has 20 heavy (non-hydrogen) atoms. The summed E-state index contributed by atoms with van der Waals surface area (Å²) < 4.78 is 13.9. The highest BCUT2D eigenvalue weighted by atomic mass is 19.1. The van der Waals surface area contributed by atoms with E-state index in [1.54, 1.807) is 6.07 Å². The molecular formula is C18H20FN. The van der Waals surface area contributed by atoms with Crippen LogP contribution in [-0.2, 0) is 6.42 Å². The number of aryl methyl sites for hydroxylation is 1. The third kappa shape index (κ3) is 2.48. The van der Waals surface area contributed by atoms with E-state index in [1.165, 1.54) is 30.0 Å². The zero-order chi connectivity index (χ0) is 13.9. The van der Waals surface area contributed by atoms with Gasteiger partial charge in [-0.3, -0.25) is 0 Å². The first-order chi connectivity index (χ1) is 9.79. The summed E-state index contributed by atoms with van der Waals surface area (Å²) in [6.07, 6.45) is 4.59. The fraction of sp³-hybridized carbons (Fsp3) is 0.333. The summed E-state index contributed by atoms with van der Waals surface area (Å²) in [6, 6.07) is 13.4. The maximum absolute atomic E-state index is 13.9. The lowest BCUT2D eigenvalue weighted by Crippen LogP contribution is -2.14. The molecule has 1 unspecified atom stereocenters. The minimum Gasteiger partial charge on any atom is -0.330 e. The maximum atomic E-state index is 13.9. The van der Waals surface area contributed by atoms with E-state index < -0.39 is 0 Å². The molecule has 104 valence electrons. The summed E-state index contributed by atoms with van der Waals surface area (Å²) in [4.78, 5) is 0. The molecule has 2 aromatic carbocycles. The number of halogens is 1. The predicted octanol–water partition coefficient (Wildman–Crippen LogP) is 4.26. The number of nitrogens with two attached hydrogens (primary N) is 1. The lowest BCUT2D eigenvalue weighted by Gasteiger charge is -2.26. The Kier molecular flexibility index (Phi) is 3.83. The van der Waals surface area contributed by atoms with Gasteiger partial charge in [-0.25, -0.2) is 4.39 Å². The van der Waals surface area contributed by atoms with Gasteiger partial charge in [0, 0.05) is 5.56 Å². The normalized spacial score (nSPS) is 17.8. The van der Waals surface area contributed by atoms with Crippen LogP contribution in [0.2, 0.25) is 0 Å². The molecule has 0 bridgehead atoms. The van der Waals surface area contributed by atoms with Crippen molar-refractivity contribution in [3.63, 3.8) is 0 Å². The monoisotopic (exact) mass is 269 g/mol. The minimum absolute atomic E-state index is 0.154.